The van der Waals surface area contributed by atoms with Gasteiger partial charge in [0.05, 0.1) is 0 Å². The van der Waals surface area contributed by atoms with Crippen molar-refractivity contribution in [2.75, 3.05) is 0 Å². The summed E-state index contributed by atoms with van der Waals surface area (Å²) in [7, 11) is 0. The van der Waals surface area contributed by atoms with Gasteiger partial charge in [-0.25, -0.2) is 0 Å². The smallest absolute Gasteiger partial charge is 0.0187 e. The maximum absolute atomic E-state index is 4.24. The van der Waals surface area contributed by atoms with E-state index in [1.165, 1.54) is 29.6 Å². The minimum absolute atomic E-state index is 0.695. The predicted molar refractivity (Wildman–Crippen MR) is 75.7 cm³/mol. The highest BCUT2D eigenvalue weighted by atomic mass is 14.2. The zero-order valence-corrected chi connectivity index (χ0v) is 10.5. The van der Waals surface area contributed by atoms with Gasteiger partial charge in [0.25, 0.3) is 0 Å². The van der Waals surface area contributed by atoms with Crippen LogP contribution < -0.4 is 0 Å². The molecule has 1 aliphatic rings. The molecule has 0 heterocycles. The molecule has 88 valence electrons. The molecule has 17 heavy (non-hydrogen) atoms. The normalized spacial score (nSPS) is 18.9. The summed E-state index contributed by atoms with van der Waals surface area (Å²) in [5, 5.41) is 0. The third-order valence-corrected chi connectivity index (χ3v) is 3.33. The van der Waals surface area contributed by atoms with Crippen LogP contribution in [0.4, 0.5) is 0 Å². The van der Waals surface area contributed by atoms with E-state index in [0.717, 1.165) is 6.42 Å². The van der Waals surface area contributed by atoms with Gasteiger partial charge in [-0.15, -0.1) is 0 Å². The standard InChI is InChI=1S/C17H20/c1-3-8-15-9-7-12-17(13-15)14(2)16-10-5-4-6-11-16/h4-7,9-12,15H,2-3,8,13H2,1H3. The van der Waals surface area contributed by atoms with Crippen molar-refractivity contribution in [1.29, 1.82) is 0 Å². The van der Waals surface area contributed by atoms with Crippen LogP contribution in [0, 0.1) is 5.92 Å². The molecule has 1 atom stereocenters. The Balaban J connectivity index is 2.11. The Kier molecular flexibility index (Phi) is 3.98. The van der Waals surface area contributed by atoms with Crippen LogP contribution >= 0.6 is 0 Å². The molecular weight excluding hydrogens is 204 g/mol. The summed E-state index contributed by atoms with van der Waals surface area (Å²) in [5.74, 6) is 0.695. The summed E-state index contributed by atoms with van der Waals surface area (Å²) in [6, 6.07) is 10.5. The first-order valence-corrected chi connectivity index (χ1v) is 6.43. The van der Waals surface area contributed by atoms with Gasteiger partial charge in [-0.05, 0) is 35.5 Å². The molecule has 1 aromatic rings. The van der Waals surface area contributed by atoms with Gasteiger partial charge >= 0.3 is 0 Å². The van der Waals surface area contributed by atoms with E-state index >= 15 is 0 Å². The van der Waals surface area contributed by atoms with Gasteiger partial charge in [-0.3, -0.25) is 0 Å². The lowest BCUT2D eigenvalue weighted by Crippen LogP contribution is -2.03. The molecule has 0 amide bonds. The zero-order valence-electron chi connectivity index (χ0n) is 10.5. The first kappa shape index (κ1) is 11.9. The van der Waals surface area contributed by atoms with E-state index in [4.69, 9.17) is 0 Å². The third-order valence-electron chi connectivity index (χ3n) is 3.33. The van der Waals surface area contributed by atoms with Gasteiger partial charge in [-0.2, -0.15) is 0 Å². The van der Waals surface area contributed by atoms with E-state index in [1.807, 2.05) is 6.07 Å². The van der Waals surface area contributed by atoms with Crippen molar-refractivity contribution in [3.63, 3.8) is 0 Å². The Hall–Kier alpha value is -1.56. The van der Waals surface area contributed by atoms with Gasteiger partial charge in [-0.1, -0.05) is 68.5 Å². The quantitative estimate of drug-likeness (QED) is 0.675. The molecule has 0 radical (unpaired) electrons. The highest BCUT2D eigenvalue weighted by Gasteiger charge is 2.13. The first-order chi connectivity index (χ1) is 8.31. The third kappa shape index (κ3) is 2.97. The number of hydrogen-bond acceptors (Lipinski definition) is 0. The van der Waals surface area contributed by atoms with E-state index in [1.54, 1.807) is 0 Å². The molecule has 0 N–H and O–H groups in total. The molecule has 0 spiro atoms. The van der Waals surface area contributed by atoms with E-state index in [0.29, 0.717) is 5.92 Å². The van der Waals surface area contributed by atoms with Crippen molar-refractivity contribution < 1.29 is 0 Å². The van der Waals surface area contributed by atoms with Crippen molar-refractivity contribution in [3.05, 3.63) is 66.3 Å². The molecular formula is C17H20. The Morgan fingerprint density at radius 2 is 2.06 bits per heavy atom. The summed E-state index contributed by atoms with van der Waals surface area (Å²) in [6.45, 7) is 6.49. The van der Waals surface area contributed by atoms with Crippen molar-refractivity contribution in [2.24, 2.45) is 5.92 Å². The molecule has 0 saturated heterocycles. The predicted octanol–water partition coefficient (Wildman–Crippen LogP) is 5.00. The number of hydrogen-bond donors (Lipinski definition) is 0. The Morgan fingerprint density at radius 1 is 1.29 bits per heavy atom. The van der Waals surface area contributed by atoms with Crippen molar-refractivity contribution in [1.82, 2.24) is 0 Å². The van der Waals surface area contributed by atoms with Gasteiger partial charge < -0.3 is 0 Å². The zero-order chi connectivity index (χ0) is 12.1. The van der Waals surface area contributed by atoms with E-state index in [9.17, 15) is 0 Å². The summed E-state index contributed by atoms with van der Waals surface area (Å²) >= 11 is 0. The second kappa shape index (κ2) is 5.67. The van der Waals surface area contributed by atoms with Gasteiger partial charge in [0.1, 0.15) is 0 Å². The van der Waals surface area contributed by atoms with Crippen molar-refractivity contribution in [3.8, 4) is 0 Å². The lowest BCUT2D eigenvalue weighted by molar-refractivity contribution is 0.576. The fourth-order valence-corrected chi connectivity index (χ4v) is 2.36. The molecule has 1 aliphatic carbocycles. The van der Waals surface area contributed by atoms with Crippen LogP contribution in [0.5, 0.6) is 0 Å². The lowest BCUT2D eigenvalue weighted by atomic mass is 9.86. The Labute approximate surface area is 104 Å². The highest BCUT2D eigenvalue weighted by molar-refractivity contribution is 5.77. The van der Waals surface area contributed by atoms with Crippen molar-refractivity contribution in [2.45, 2.75) is 26.2 Å². The molecule has 0 aliphatic heterocycles. The summed E-state index contributed by atoms with van der Waals surface area (Å²) in [5.41, 5.74) is 3.80. The summed E-state index contributed by atoms with van der Waals surface area (Å²) < 4.78 is 0. The second-order valence-corrected chi connectivity index (χ2v) is 4.67. The molecule has 0 saturated carbocycles. The summed E-state index contributed by atoms with van der Waals surface area (Å²) in [6.07, 6.45) is 10.4. The Bertz CT molecular complexity index is 434. The first-order valence-electron chi connectivity index (χ1n) is 6.43. The molecule has 2 rings (SSSR count). The molecule has 1 unspecified atom stereocenters. The monoisotopic (exact) mass is 224 g/mol. The van der Waals surface area contributed by atoms with Crippen LogP contribution in [0.1, 0.15) is 31.7 Å². The minimum Gasteiger partial charge on any atom is -0.0909 e. The van der Waals surface area contributed by atoms with E-state index in [-0.39, 0.29) is 0 Å². The molecule has 1 aromatic carbocycles. The fourth-order valence-electron chi connectivity index (χ4n) is 2.36. The van der Waals surface area contributed by atoms with Crippen LogP contribution in [0.2, 0.25) is 0 Å². The maximum atomic E-state index is 4.24. The van der Waals surface area contributed by atoms with Crippen LogP contribution in [0.15, 0.2) is 60.7 Å². The highest BCUT2D eigenvalue weighted by Crippen LogP contribution is 2.31. The summed E-state index contributed by atoms with van der Waals surface area (Å²) in [4.78, 5) is 0. The minimum atomic E-state index is 0.695. The number of rotatable bonds is 4. The molecule has 0 bridgehead atoms. The van der Waals surface area contributed by atoms with E-state index < -0.39 is 0 Å². The number of benzene rings is 1. The molecule has 0 aromatic heterocycles. The van der Waals surface area contributed by atoms with Crippen LogP contribution in [-0.4, -0.2) is 0 Å². The Morgan fingerprint density at radius 3 is 2.76 bits per heavy atom. The average molecular weight is 224 g/mol. The SMILES string of the molecule is C=C(C1=CC=CC(CCC)C1)c1ccccc1. The van der Waals surface area contributed by atoms with E-state index in [2.05, 4.69) is 56.0 Å². The maximum Gasteiger partial charge on any atom is -0.0187 e. The molecule has 0 heteroatoms. The molecule has 0 fully saturated rings. The molecule has 0 nitrogen and oxygen atoms in total. The number of allylic oxidation sites excluding steroid dienone is 5. The van der Waals surface area contributed by atoms with Gasteiger partial charge in [0.15, 0.2) is 0 Å². The lowest BCUT2D eigenvalue weighted by Gasteiger charge is -2.19. The van der Waals surface area contributed by atoms with Crippen LogP contribution in [0.3, 0.4) is 0 Å². The largest absolute Gasteiger partial charge is 0.0909 e. The van der Waals surface area contributed by atoms with Gasteiger partial charge in [0.2, 0.25) is 0 Å². The van der Waals surface area contributed by atoms with Crippen molar-refractivity contribution >= 4 is 5.57 Å². The average Bonchev–Trinajstić information content (AvgIpc) is 2.40. The fraction of sp³-hybridized carbons (Fsp3) is 0.294. The second-order valence-electron chi connectivity index (χ2n) is 4.67. The van der Waals surface area contributed by atoms with Crippen LogP contribution in [0.25, 0.3) is 5.57 Å². The van der Waals surface area contributed by atoms with Crippen LogP contribution in [-0.2, 0) is 0 Å². The van der Waals surface area contributed by atoms with Gasteiger partial charge in [0, 0.05) is 0 Å². The topological polar surface area (TPSA) is 0 Å².